The first-order valence-corrected chi connectivity index (χ1v) is 6.93. The number of anilines is 1. The second-order valence-electron chi connectivity index (χ2n) is 4.89. The number of rotatable bonds is 4. The van der Waals surface area contributed by atoms with Gasteiger partial charge >= 0.3 is 5.97 Å². The van der Waals surface area contributed by atoms with Crippen LogP contribution >= 0.6 is 0 Å². The third-order valence-corrected chi connectivity index (χ3v) is 3.40. The summed E-state index contributed by atoms with van der Waals surface area (Å²) < 4.78 is 9.76. The number of aryl methyl sites for hydroxylation is 3. The first-order chi connectivity index (χ1) is 10.5. The number of methoxy groups -OCH3 is 1. The smallest absolute Gasteiger partial charge is 0.337 e. The van der Waals surface area contributed by atoms with Crippen LogP contribution < -0.4 is 5.32 Å². The topological polar surface area (TPSA) is 81.4 Å². The number of hydrogen-bond donors (Lipinski definition) is 1. The normalized spacial score (nSPS) is 10.4. The third-order valence-electron chi connectivity index (χ3n) is 3.40. The molecule has 0 saturated heterocycles. The maximum absolute atomic E-state index is 12.5. The lowest BCUT2D eigenvalue weighted by atomic mass is 10.1. The minimum absolute atomic E-state index is 0.305. The van der Waals surface area contributed by atoms with Crippen molar-refractivity contribution in [3.8, 4) is 0 Å². The molecule has 116 valence electrons. The fourth-order valence-corrected chi connectivity index (χ4v) is 2.14. The summed E-state index contributed by atoms with van der Waals surface area (Å²) in [5, 5.41) is 6.67. The Kier molecular flexibility index (Phi) is 4.60. The number of ether oxygens (including phenoxy) is 1. The van der Waals surface area contributed by atoms with E-state index in [1.54, 1.807) is 25.1 Å². The molecule has 0 aliphatic carbocycles. The summed E-state index contributed by atoms with van der Waals surface area (Å²) in [4.78, 5) is 24.0. The molecule has 1 N–H and O–H groups in total. The molecule has 6 heteroatoms. The number of esters is 1. The number of nitrogens with zero attached hydrogens (tertiary/aromatic N) is 1. The number of amides is 1. The Hall–Kier alpha value is -2.63. The molecule has 22 heavy (non-hydrogen) atoms. The molecule has 1 amide bonds. The minimum Gasteiger partial charge on any atom is -0.465 e. The van der Waals surface area contributed by atoms with Crippen LogP contribution in [0.25, 0.3) is 0 Å². The Morgan fingerprint density at radius 1 is 1.32 bits per heavy atom. The van der Waals surface area contributed by atoms with Gasteiger partial charge in [0, 0.05) is 5.69 Å². The van der Waals surface area contributed by atoms with Crippen LogP contribution in [-0.4, -0.2) is 24.1 Å². The van der Waals surface area contributed by atoms with Gasteiger partial charge in [0.1, 0.15) is 11.3 Å². The number of hydrogen-bond acceptors (Lipinski definition) is 5. The molecule has 0 saturated carbocycles. The Labute approximate surface area is 128 Å². The maximum Gasteiger partial charge on any atom is 0.337 e. The van der Waals surface area contributed by atoms with Crippen molar-refractivity contribution in [2.75, 3.05) is 12.4 Å². The van der Waals surface area contributed by atoms with Crippen molar-refractivity contribution in [3.05, 3.63) is 46.3 Å². The summed E-state index contributed by atoms with van der Waals surface area (Å²) >= 11 is 0. The molecule has 0 unspecified atom stereocenters. The van der Waals surface area contributed by atoms with Crippen molar-refractivity contribution in [1.82, 2.24) is 5.16 Å². The van der Waals surface area contributed by atoms with E-state index in [9.17, 15) is 9.59 Å². The van der Waals surface area contributed by atoms with Gasteiger partial charge in [-0.2, -0.15) is 0 Å². The lowest BCUT2D eigenvalue weighted by molar-refractivity contribution is 0.0600. The van der Waals surface area contributed by atoms with Gasteiger partial charge in [-0.15, -0.1) is 0 Å². The van der Waals surface area contributed by atoms with Crippen molar-refractivity contribution >= 4 is 17.6 Å². The fraction of sp³-hybridized carbons (Fsp3) is 0.312. The largest absolute Gasteiger partial charge is 0.465 e. The van der Waals surface area contributed by atoms with E-state index in [2.05, 4.69) is 15.2 Å². The zero-order valence-corrected chi connectivity index (χ0v) is 13.0. The number of nitrogens with one attached hydrogen (secondary N) is 1. The summed E-state index contributed by atoms with van der Waals surface area (Å²) in [5.74, 6) is -0.289. The molecule has 2 aromatic rings. The van der Waals surface area contributed by atoms with Crippen LogP contribution in [0.1, 0.15) is 44.7 Å². The van der Waals surface area contributed by atoms with Gasteiger partial charge in [-0.3, -0.25) is 4.79 Å². The molecule has 6 nitrogen and oxygen atoms in total. The van der Waals surface area contributed by atoms with E-state index >= 15 is 0 Å². The van der Waals surface area contributed by atoms with Gasteiger partial charge in [-0.25, -0.2) is 4.79 Å². The Bertz CT molecular complexity index is 719. The van der Waals surface area contributed by atoms with Crippen molar-refractivity contribution in [2.24, 2.45) is 0 Å². The van der Waals surface area contributed by atoms with Gasteiger partial charge in [-0.05, 0) is 38.0 Å². The standard InChI is InChI=1S/C16H18N2O4/c1-5-12-14(10(3)22-18-12)15(19)17-13-8-11(16(20)21-4)7-6-9(13)2/h6-8H,5H2,1-4H3,(H,17,19). The van der Waals surface area contributed by atoms with E-state index in [0.29, 0.717) is 34.7 Å². The third kappa shape index (κ3) is 3.00. The molecule has 0 aliphatic rings. The van der Waals surface area contributed by atoms with Gasteiger partial charge in [0.15, 0.2) is 0 Å². The van der Waals surface area contributed by atoms with Gasteiger partial charge < -0.3 is 14.6 Å². The first-order valence-electron chi connectivity index (χ1n) is 6.93. The second-order valence-corrected chi connectivity index (χ2v) is 4.89. The van der Waals surface area contributed by atoms with Crippen LogP contribution in [0.3, 0.4) is 0 Å². The highest BCUT2D eigenvalue weighted by Gasteiger charge is 2.20. The van der Waals surface area contributed by atoms with E-state index < -0.39 is 5.97 Å². The number of benzene rings is 1. The maximum atomic E-state index is 12.5. The molecular weight excluding hydrogens is 284 g/mol. The second kappa shape index (κ2) is 6.43. The molecule has 1 heterocycles. The SMILES string of the molecule is CCc1noc(C)c1C(=O)Nc1cc(C(=O)OC)ccc1C. The molecule has 1 aromatic carbocycles. The number of carbonyl (C=O) groups excluding carboxylic acids is 2. The molecule has 2 rings (SSSR count). The molecule has 1 aromatic heterocycles. The monoisotopic (exact) mass is 302 g/mol. The molecule has 0 spiro atoms. The highest BCUT2D eigenvalue weighted by Crippen LogP contribution is 2.21. The highest BCUT2D eigenvalue weighted by molar-refractivity contribution is 6.06. The van der Waals surface area contributed by atoms with E-state index in [1.807, 2.05) is 13.8 Å². The highest BCUT2D eigenvalue weighted by atomic mass is 16.5. The molecule has 0 radical (unpaired) electrons. The molecule has 0 fully saturated rings. The van der Waals surface area contributed by atoms with Crippen LogP contribution in [0.5, 0.6) is 0 Å². The molecule has 0 bridgehead atoms. The van der Waals surface area contributed by atoms with E-state index in [1.165, 1.54) is 7.11 Å². The van der Waals surface area contributed by atoms with Gasteiger partial charge in [0.25, 0.3) is 5.91 Å². The van der Waals surface area contributed by atoms with Crippen LogP contribution in [0.2, 0.25) is 0 Å². The summed E-state index contributed by atoms with van der Waals surface area (Å²) in [7, 11) is 1.31. The average molecular weight is 302 g/mol. The van der Waals surface area contributed by atoms with Crippen LogP contribution in [0.15, 0.2) is 22.7 Å². The average Bonchev–Trinajstić information content (AvgIpc) is 2.89. The van der Waals surface area contributed by atoms with E-state index in [4.69, 9.17) is 4.52 Å². The zero-order valence-electron chi connectivity index (χ0n) is 13.0. The van der Waals surface area contributed by atoms with E-state index in [0.717, 1.165) is 5.56 Å². The predicted octanol–water partition coefficient (Wildman–Crippen LogP) is 2.89. The van der Waals surface area contributed by atoms with Gasteiger partial charge in [0.05, 0.1) is 18.4 Å². The Morgan fingerprint density at radius 3 is 2.68 bits per heavy atom. The number of carbonyl (C=O) groups is 2. The quantitative estimate of drug-likeness (QED) is 0.878. The molecule has 0 aliphatic heterocycles. The predicted molar refractivity (Wildman–Crippen MR) is 81.1 cm³/mol. The zero-order chi connectivity index (χ0) is 16.3. The summed E-state index contributed by atoms with van der Waals surface area (Å²) in [6, 6.07) is 5.00. The van der Waals surface area contributed by atoms with Crippen LogP contribution in [-0.2, 0) is 11.2 Å². The Balaban J connectivity index is 2.32. The Morgan fingerprint density at radius 2 is 2.05 bits per heavy atom. The minimum atomic E-state index is -0.453. The van der Waals surface area contributed by atoms with Crippen LogP contribution in [0, 0.1) is 13.8 Å². The lowest BCUT2D eigenvalue weighted by Crippen LogP contribution is -2.15. The van der Waals surface area contributed by atoms with Crippen LogP contribution in [0.4, 0.5) is 5.69 Å². The van der Waals surface area contributed by atoms with Crippen molar-refractivity contribution in [1.29, 1.82) is 0 Å². The lowest BCUT2D eigenvalue weighted by Gasteiger charge is -2.10. The summed E-state index contributed by atoms with van der Waals surface area (Å²) in [6.45, 7) is 5.44. The van der Waals surface area contributed by atoms with E-state index in [-0.39, 0.29) is 5.91 Å². The summed E-state index contributed by atoms with van der Waals surface area (Å²) in [5.41, 5.74) is 2.81. The van der Waals surface area contributed by atoms with Crippen molar-refractivity contribution in [2.45, 2.75) is 27.2 Å². The number of aromatic nitrogens is 1. The van der Waals surface area contributed by atoms with Gasteiger partial charge in [0.2, 0.25) is 0 Å². The van der Waals surface area contributed by atoms with Gasteiger partial charge in [-0.1, -0.05) is 18.1 Å². The molecular formula is C16H18N2O4. The molecule has 0 atom stereocenters. The fourth-order valence-electron chi connectivity index (χ4n) is 2.14. The van der Waals surface area contributed by atoms with Crippen molar-refractivity contribution < 1.29 is 18.8 Å². The summed E-state index contributed by atoms with van der Waals surface area (Å²) in [6.07, 6.45) is 0.598. The first kappa shape index (κ1) is 15.8. The van der Waals surface area contributed by atoms with Crippen molar-refractivity contribution in [3.63, 3.8) is 0 Å².